The Kier molecular flexibility index (Phi) is 6.61. The summed E-state index contributed by atoms with van der Waals surface area (Å²) in [5, 5.41) is 4.23. The van der Waals surface area contributed by atoms with Gasteiger partial charge in [0.2, 0.25) is 5.88 Å². The summed E-state index contributed by atoms with van der Waals surface area (Å²) in [6, 6.07) is 10.1. The summed E-state index contributed by atoms with van der Waals surface area (Å²) in [7, 11) is 1.60. The molecule has 0 bridgehead atoms. The minimum absolute atomic E-state index is 0.192. The average Bonchev–Trinajstić information content (AvgIpc) is 2.92. The van der Waals surface area contributed by atoms with E-state index in [2.05, 4.69) is 10.00 Å². The second-order valence-corrected chi connectivity index (χ2v) is 7.17. The zero-order valence-corrected chi connectivity index (χ0v) is 16.2. The molecule has 154 valence electrons. The molecule has 0 radical (unpaired) electrons. The quantitative estimate of drug-likeness (QED) is 0.712. The predicted octanol–water partition coefficient (Wildman–Crippen LogP) is 3.85. The summed E-state index contributed by atoms with van der Waals surface area (Å²) < 4.78 is 50.0. The molecule has 1 fully saturated rings. The van der Waals surface area contributed by atoms with Crippen LogP contribution in [0.5, 0.6) is 5.88 Å². The summed E-state index contributed by atoms with van der Waals surface area (Å²) in [5.41, 5.74) is 2.57. The van der Waals surface area contributed by atoms with Crippen LogP contribution in [0, 0.1) is 6.92 Å². The molecule has 0 saturated carbocycles. The van der Waals surface area contributed by atoms with Crippen LogP contribution in [0.4, 0.5) is 13.2 Å². The van der Waals surface area contributed by atoms with Gasteiger partial charge < -0.3 is 9.47 Å². The smallest absolute Gasteiger partial charge is 0.422 e. The second-order valence-electron chi connectivity index (χ2n) is 7.17. The van der Waals surface area contributed by atoms with Crippen LogP contribution in [0.2, 0.25) is 0 Å². The van der Waals surface area contributed by atoms with E-state index in [4.69, 9.17) is 9.47 Å². The van der Waals surface area contributed by atoms with Crippen molar-refractivity contribution in [2.75, 3.05) is 19.7 Å². The molecule has 0 spiro atoms. The molecule has 0 atom stereocenters. The molecule has 1 aliphatic rings. The molecule has 8 heteroatoms. The Bertz CT molecular complexity index is 754. The predicted molar refractivity (Wildman–Crippen MR) is 99.0 cm³/mol. The van der Waals surface area contributed by atoms with Crippen molar-refractivity contribution in [2.24, 2.45) is 7.05 Å². The third kappa shape index (κ3) is 5.72. The Morgan fingerprint density at radius 3 is 2.46 bits per heavy atom. The van der Waals surface area contributed by atoms with E-state index in [1.807, 2.05) is 30.3 Å². The van der Waals surface area contributed by atoms with Crippen molar-refractivity contribution in [3.05, 3.63) is 47.2 Å². The van der Waals surface area contributed by atoms with Crippen LogP contribution in [0.1, 0.15) is 29.7 Å². The number of halogens is 3. The van der Waals surface area contributed by atoms with E-state index in [9.17, 15) is 13.2 Å². The van der Waals surface area contributed by atoms with E-state index in [-0.39, 0.29) is 12.0 Å². The molecule has 1 aromatic carbocycles. The van der Waals surface area contributed by atoms with E-state index in [0.29, 0.717) is 18.8 Å². The van der Waals surface area contributed by atoms with Crippen LogP contribution in [-0.2, 0) is 24.9 Å². The molecule has 3 rings (SSSR count). The van der Waals surface area contributed by atoms with Crippen LogP contribution in [0.15, 0.2) is 30.3 Å². The maximum Gasteiger partial charge on any atom is 0.422 e. The highest BCUT2D eigenvalue weighted by molar-refractivity contribution is 5.31. The Morgan fingerprint density at radius 2 is 1.82 bits per heavy atom. The van der Waals surface area contributed by atoms with Gasteiger partial charge in [-0.15, -0.1) is 0 Å². The fourth-order valence-corrected chi connectivity index (χ4v) is 3.44. The summed E-state index contributed by atoms with van der Waals surface area (Å²) in [6.45, 7) is 3.26. The normalized spacial score (nSPS) is 16.5. The van der Waals surface area contributed by atoms with Gasteiger partial charge in [-0.25, -0.2) is 4.68 Å². The monoisotopic (exact) mass is 397 g/mol. The number of piperidine rings is 1. The Morgan fingerprint density at radius 1 is 1.14 bits per heavy atom. The van der Waals surface area contributed by atoms with Crippen molar-refractivity contribution in [3.8, 4) is 5.88 Å². The van der Waals surface area contributed by atoms with Crippen molar-refractivity contribution in [3.63, 3.8) is 0 Å². The number of hydrogen-bond donors (Lipinski definition) is 0. The molecule has 28 heavy (non-hydrogen) atoms. The number of likely N-dealkylation sites (tertiary alicyclic amines) is 1. The highest BCUT2D eigenvalue weighted by atomic mass is 19.4. The van der Waals surface area contributed by atoms with Crippen molar-refractivity contribution in [2.45, 2.75) is 45.2 Å². The summed E-state index contributed by atoms with van der Waals surface area (Å²) >= 11 is 0. The van der Waals surface area contributed by atoms with Gasteiger partial charge in [0.15, 0.2) is 6.61 Å². The largest absolute Gasteiger partial charge is 0.468 e. The first-order valence-electron chi connectivity index (χ1n) is 9.42. The van der Waals surface area contributed by atoms with Crippen LogP contribution in [-0.4, -0.2) is 46.7 Å². The van der Waals surface area contributed by atoms with Gasteiger partial charge in [-0.05, 0) is 25.3 Å². The number of ether oxygens (including phenoxy) is 2. The van der Waals surface area contributed by atoms with Crippen molar-refractivity contribution in [1.29, 1.82) is 0 Å². The topological polar surface area (TPSA) is 39.5 Å². The Hall–Kier alpha value is -2.06. The summed E-state index contributed by atoms with van der Waals surface area (Å²) in [6.07, 6.45) is -2.38. The first-order valence-corrected chi connectivity index (χ1v) is 9.42. The first kappa shape index (κ1) is 20.7. The van der Waals surface area contributed by atoms with Gasteiger partial charge in [-0.2, -0.15) is 18.3 Å². The van der Waals surface area contributed by atoms with E-state index >= 15 is 0 Å². The number of nitrogens with zero attached hydrogens (tertiary/aromatic N) is 3. The van der Waals surface area contributed by atoms with Gasteiger partial charge in [0.05, 0.1) is 24.0 Å². The van der Waals surface area contributed by atoms with Gasteiger partial charge >= 0.3 is 6.18 Å². The third-order valence-electron chi connectivity index (χ3n) is 4.91. The lowest BCUT2D eigenvalue weighted by Gasteiger charge is -2.32. The first-order chi connectivity index (χ1) is 13.3. The van der Waals surface area contributed by atoms with Crippen molar-refractivity contribution >= 4 is 0 Å². The van der Waals surface area contributed by atoms with Crippen LogP contribution < -0.4 is 4.74 Å². The van der Waals surface area contributed by atoms with E-state index in [1.54, 1.807) is 14.0 Å². The molecule has 2 heterocycles. The van der Waals surface area contributed by atoms with Gasteiger partial charge in [0, 0.05) is 26.7 Å². The highest BCUT2D eigenvalue weighted by Gasteiger charge is 2.30. The van der Waals surface area contributed by atoms with Crippen LogP contribution >= 0.6 is 0 Å². The Labute approximate surface area is 163 Å². The SMILES string of the molecule is Cc1nn(C)c(OCC(F)(F)F)c1CN1CCC(OCc2ccccc2)CC1. The van der Waals surface area contributed by atoms with Gasteiger partial charge in [-0.3, -0.25) is 4.90 Å². The molecule has 1 aliphatic heterocycles. The van der Waals surface area contributed by atoms with Gasteiger partial charge in [0.25, 0.3) is 0 Å². The molecular formula is C20H26F3N3O2. The lowest BCUT2D eigenvalue weighted by atomic mass is 10.1. The number of hydrogen-bond acceptors (Lipinski definition) is 4. The number of aryl methyl sites for hydroxylation is 2. The molecule has 0 unspecified atom stereocenters. The standard InChI is InChI=1S/C20H26F3N3O2/c1-15-18(19(25(2)24-15)28-14-20(21,22)23)12-26-10-8-17(9-11-26)27-13-16-6-4-3-5-7-16/h3-7,17H,8-14H2,1-2H3. The number of benzene rings is 1. The molecule has 5 nitrogen and oxygen atoms in total. The van der Waals surface area contributed by atoms with E-state index < -0.39 is 12.8 Å². The number of rotatable bonds is 7. The zero-order valence-electron chi connectivity index (χ0n) is 16.2. The zero-order chi connectivity index (χ0) is 20.1. The third-order valence-corrected chi connectivity index (χ3v) is 4.91. The maximum atomic E-state index is 12.5. The minimum atomic E-state index is -4.37. The highest BCUT2D eigenvalue weighted by Crippen LogP contribution is 2.27. The summed E-state index contributed by atoms with van der Waals surface area (Å²) in [4.78, 5) is 2.22. The average molecular weight is 397 g/mol. The van der Waals surface area contributed by atoms with Gasteiger partial charge in [0.1, 0.15) is 0 Å². The molecule has 1 aromatic heterocycles. The summed E-state index contributed by atoms with van der Waals surface area (Å²) in [5.74, 6) is 0.192. The lowest BCUT2D eigenvalue weighted by molar-refractivity contribution is -0.154. The number of aromatic nitrogens is 2. The van der Waals surface area contributed by atoms with Crippen molar-refractivity contribution in [1.82, 2.24) is 14.7 Å². The van der Waals surface area contributed by atoms with E-state index in [1.165, 1.54) is 4.68 Å². The maximum absolute atomic E-state index is 12.5. The van der Waals surface area contributed by atoms with Crippen molar-refractivity contribution < 1.29 is 22.6 Å². The molecule has 0 aliphatic carbocycles. The van der Waals surface area contributed by atoms with E-state index in [0.717, 1.165) is 37.1 Å². The number of alkyl halides is 3. The molecule has 1 saturated heterocycles. The molecule has 0 amide bonds. The molecule has 0 N–H and O–H groups in total. The molecular weight excluding hydrogens is 371 g/mol. The second kappa shape index (κ2) is 8.96. The fourth-order valence-electron chi connectivity index (χ4n) is 3.44. The van der Waals surface area contributed by atoms with Gasteiger partial charge in [-0.1, -0.05) is 30.3 Å². The van der Waals surface area contributed by atoms with Crippen LogP contribution in [0.25, 0.3) is 0 Å². The minimum Gasteiger partial charge on any atom is -0.468 e. The Balaban J connectivity index is 1.52. The fraction of sp³-hybridized carbons (Fsp3) is 0.550. The van der Waals surface area contributed by atoms with Crippen LogP contribution in [0.3, 0.4) is 0 Å². The lowest BCUT2D eigenvalue weighted by Crippen LogP contribution is -2.36. The molecule has 2 aromatic rings.